The fourth-order valence-electron chi connectivity index (χ4n) is 2.30. The van der Waals surface area contributed by atoms with E-state index in [9.17, 15) is 0 Å². The molecule has 0 aromatic heterocycles. The van der Waals surface area contributed by atoms with Gasteiger partial charge in [-0.3, -0.25) is 0 Å². The first-order valence-electron chi connectivity index (χ1n) is 8.85. The van der Waals surface area contributed by atoms with Crippen LogP contribution >= 0.6 is 0 Å². The Morgan fingerprint density at radius 3 is 1.58 bits per heavy atom. The summed E-state index contributed by atoms with van der Waals surface area (Å²) in [5.74, 6) is 0. The minimum absolute atomic E-state index is 0.931. The Kier molecular flexibility index (Phi) is 17.9. The van der Waals surface area contributed by atoms with E-state index in [-0.39, 0.29) is 0 Å². The topological polar surface area (TPSA) is 9.23 Å². The molecule has 0 aromatic carbocycles. The molecule has 0 aliphatic rings. The summed E-state index contributed by atoms with van der Waals surface area (Å²) < 4.78 is 5.49. The second kappa shape index (κ2) is 18.0. The van der Waals surface area contributed by atoms with E-state index in [1.54, 1.807) is 0 Å². The zero-order valence-corrected chi connectivity index (χ0v) is 13.6. The molecule has 0 saturated carbocycles. The third-order valence-corrected chi connectivity index (χ3v) is 3.66. The summed E-state index contributed by atoms with van der Waals surface area (Å²) in [6, 6.07) is 0. The Bertz CT molecular complexity index is 129. The molecule has 0 bridgehead atoms. The summed E-state index contributed by atoms with van der Waals surface area (Å²) >= 11 is 0. The van der Waals surface area contributed by atoms with E-state index in [1.165, 1.54) is 83.5 Å². The van der Waals surface area contributed by atoms with Crippen LogP contribution < -0.4 is 0 Å². The lowest BCUT2D eigenvalue weighted by Gasteiger charge is -2.04. The van der Waals surface area contributed by atoms with Gasteiger partial charge in [0.25, 0.3) is 0 Å². The van der Waals surface area contributed by atoms with Crippen molar-refractivity contribution in [3.8, 4) is 0 Å². The average Bonchev–Trinajstić information content (AvgIpc) is 2.43. The molecule has 0 atom stereocenters. The highest BCUT2D eigenvalue weighted by molar-refractivity contribution is 4.51. The van der Waals surface area contributed by atoms with Crippen molar-refractivity contribution in [1.29, 1.82) is 0 Å². The molecule has 0 aliphatic heterocycles. The summed E-state index contributed by atoms with van der Waals surface area (Å²) in [4.78, 5) is 0. The molecule has 19 heavy (non-hydrogen) atoms. The van der Waals surface area contributed by atoms with Gasteiger partial charge in [0.15, 0.2) is 0 Å². The highest BCUT2D eigenvalue weighted by Gasteiger charge is 1.94. The molecule has 0 rings (SSSR count). The normalized spacial score (nSPS) is 11.1. The second-order valence-corrected chi connectivity index (χ2v) is 5.72. The lowest BCUT2D eigenvalue weighted by molar-refractivity contribution is 0.184. The molecule has 115 valence electrons. The lowest BCUT2D eigenvalue weighted by Crippen LogP contribution is -1.92. The molecule has 1 nitrogen and oxygen atoms in total. The van der Waals surface area contributed by atoms with Crippen molar-refractivity contribution in [2.45, 2.75) is 104 Å². The van der Waals surface area contributed by atoms with Gasteiger partial charge in [0.2, 0.25) is 0 Å². The van der Waals surface area contributed by atoms with Crippen molar-refractivity contribution in [3.63, 3.8) is 0 Å². The highest BCUT2D eigenvalue weighted by atomic mass is 16.5. The van der Waals surface area contributed by atoms with E-state index >= 15 is 0 Å². The minimum Gasteiger partial charge on any atom is -0.376 e. The van der Waals surface area contributed by atoms with Crippen LogP contribution in [0.1, 0.15) is 104 Å². The van der Waals surface area contributed by atoms with Crippen LogP contribution in [0.5, 0.6) is 0 Å². The van der Waals surface area contributed by atoms with Gasteiger partial charge >= 0.3 is 0 Å². The Morgan fingerprint density at radius 1 is 0.579 bits per heavy atom. The molecule has 0 saturated heterocycles. The summed E-state index contributed by atoms with van der Waals surface area (Å²) in [7, 11) is 0. The van der Waals surface area contributed by atoms with Gasteiger partial charge in [-0.1, -0.05) is 90.9 Å². The van der Waals surface area contributed by atoms with Gasteiger partial charge in [0.1, 0.15) is 0 Å². The second-order valence-electron chi connectivity index (χ2n) is 5.72. The predicted molar refractivity (Wildman–Crippen MR) is 86.2 cm³/mol. The van der Waals surface area contributed by atoms with Crippen LogP contribution in [-0.2, 0) is 4.74 Å². The first-order chi connectivity index (χ1) is 9.41. The summed E-state index contributed by atoms with van der Waals surface area (Å²) in [5.41, 5.74) is 0. The summed E-state index contributed by atoms with van der Waals surface area (Å²) in [6.07, 6.45) is 19.1. The number of rotatable bonds is 16. The Labute approximate surface area is 122 Å². The monoisotopic (exact) mass is 269 g/mol. The van der Waals surface area contributed by atoms with Crippen molar-refractivity contribution < 1.29 is 4.74 Å². The van der Waals surface area contributed by atoms with Crippen LogP contribution in [0.25, 0.3) is 0 Å². The third kappa shape index (κ3) is 18.0. The smallest absolute Gasteiger partial charge is 0.0836 e. The molecule has 0 unspecified atom stereocenters. The van der Waals surface area contributed by atoms with E-state index in [0.717, 1.165) is 13.0 Å². The van der Waals surface area contributed by atoms with E-state index < -0.39 is 0 Å². The summed E-state index contributed by atoms with van der Waals surface area (Å²) in [5, 5.41) is 0. The number of hydrogen-bond acceptors (Lipinski definition) is 1. The zero-order chi connectivity index (χ0) is 14.0. The van der Waals surface area contributed by atoms with Crippen LogP contribution in [0, 0.1) is 6.61 Å². The van der Waals surface area contributed by atoms with E-state index in [2.05, 4.69) is 13.8 Å². The van der Waals surface area contributed by atoms with Crippen LogP contribution in [-0.4, -0.2) is 6.61 Å². The molecule has 0 aliphatic carbocycles. The molecule has 0 spiro atoms. The standard InChI is InChI=1S/C18H37O/c1-3-5-7-8-9-10-11-12-13-14-16-18-19-17-15-6-4-2/h17H,3-16,18H2,1-2H3. The molecule has 0 heterocycles. The molecule has 0 aromatic rings. The Morgan fingerprint density at radius 2 is 1.05 bits per heavy atom. The van der Waals surface area contributed by atoms with Gasteiger partial charge in [-0.15, -0.1) is 0 Å². The van der Waals surface area contributed by atoms with E-state index in [0.29, 0.717) is 0 Å². The number of hydrogen-bond donors (Lipinski definition) is 0. The van der Waals surface area contributed by atoms with Crippen molar-refractivity contribution in [2.24, 2.45) is 0 Å². The fourth-order valence-corrected chi connectivity index (χ4v) is 2.30. The lowest BCUT2D eigenvalue weighted by atomic mass is 10.1. The number of unbranched alkanes of at least 4 members (excludes halogenated alkanes) is 12. The maximum absolute atomic E-state index is 5.49. The maximum Gasteiger partial charge on any atom is 0.0836 e. The van der Waals surface area contributed by atoms with Gasteiger partial charge in [0.05, 0.1) is 6.61 Å². The largest absolute Gasteiger partial charge is 0.376 e. The van der Waals surface area contributed by atoms with E-state index in [4.69, 9.17) is 4.74 Å². The molecular formula is C18H37O. The third-order valence-electron chi connectivity index (χ3n) is 3.66. The fraction of sp³-hybridized carbons (Fsp3) is 0.944. The Hall–Kier alpha value is -0.0400. The van der Waals surface area contributed by atoms with Crippen LogP contribution in [0.3, 0.4) is 0 Å². The van der Waals surface area contributed by atoms with Crippen molar-refractivity contribution >= 4 is 0 Å². The maximum atomic E-state index is 5.49. The molecular weight excluding hydrogens is 232 g/mol. The molecule has 0 amide bonds. The van der Waals surface area contributed by atoms with Gasteiger partial charge in [0, 0.05) is 6.61 Å². The minimum atomic E-state index is 0.931. The average molecular weight is 269 g/mol. The van der Waals surface area contributed by atoms with Crippen molar-refractivity contribution in [3.05, 3.63) is 6.61 Å². The predicted octanol–water partition coefficient (Wildman–Crippen LogP) is 6.67. The first-order valence-corrected chi connectivity index (χ1v) is 8.85. The van der Waals surface area contributed by atoms with Crippen LogP contribution in [0.2, 0.25) is 0 Å². The highest BCUT2D eigenvalue weighted by Crippen LogP contribution is 2.11. The molecule has 0 fully saturated rings. The van der Waals surface area contributed by atoms with Gasteiger partial charge < -0.3 is 4.74 Å². The van der Waals surface area contributed by atoms with Crippen LogP contribution in [0.4, 0.5) is 0 Å². The molecule has 0 N–H and O–H groups in total. The van der Waals surface area contributed by atoms with Crippen LogP contribution in [0.15, 0.2) is 0 Å². The quantitative estimate of drug-likeness (QED) is 0.284. The van der Waals surface area contributed by atoms with Crippen molar-refractivity contribution in [2.75, 3.05) is 6.61 Å². The molecule has 1 radical (unpaired) electrons. The van der Waals surface area contributed by atoms with Gasteiger partial charge in [-0.2, -0.15) is 0 Å². The SMILES string of the molecule is CCCC[CH]OCCCCCCCCCCCCC. The van der Waals surface area contributed by atoms with Gasteiger partial charge in [-0.25, -0.2) is 0 Å². The van der Waals surface area contributed by atoms with Crippen molar-refractivity contribution in [1.82, 2.24) is 0 Å². The van der Waals surface area contributed by atoms with Gasteiger partial charge in [-0.05, 0) is 12.8 Å². The summed E-state index contributed by atoms with van der Waals surface area (Å²) in [6.45, 7) is 7.43. The van der Waals surface area contributed by atoms with E-state index in [1.807, 2.05) is 6.61 Å². The Balaban J connectivity index is 2.88. The first kappa shape index (κ1) is 19.0. The number of ether oxygens (including phenoxy) is 1. The molecule has 1 heteroatoms. The zero-order valence-electron chi connectivity index (χ0n) is 13.6.